The van der Waals surface area contributed by atoms with Crippen LogP contribution in [0.25, 0.3) is 21.1 Å². The van der Waals surface area contributed by atoms with Gasteiger partial charge in [0.2, 0.25) is 10.0 Å². The van der Waals surface area contributed by atoms with E-state index in [0.29, 0.717) is 31.7 Å². The van der Waals surface area contributed by atoms with Crippen LogP contribution in [0.15, 0.2) is 41.4 Å². The number of anilines is 1. The molecule has 3 aromatic heterocycles. The summed E-state index contributed by atoms with van der Waals surface area (Å²) in [5.41, 5.74) is 1.95. The highest BCUT2D eigenvalue weighted by atomic mass is 32.2. The second-order valence-electron chi connectivity index (χ2n) is 8.93. The Morgan fingerprint density at radius 2 is 1.79 bits per heavy atom. The molecule has 34 heavy (non-hydrogen) atoms. The third kappa shape index (κ3) is 3.57. The van der Waals surface area contributed by atoms with Crippen LogP contribution in [-0.2, 0) is 29.3 Å². The summed E-state index contributed by atoms with van der Waals surface area (Å²) in [5, 5.41) is 2.03. The lowest BCUT2D eigenvalue weighted by atomic mass is 9.97. The van der Waals surface area contributed by atoms with Crippen LogP contribution >= 0.6 is 11.3 Å². The number of para-hydroxylation sites is 1. The van der Waals surface area contributed by atoms with E-state index in [0.717, 1.165) is 41.1 Å². The summed E-state index contributed by atoms with van der Waals surface area (Å²) in [6.45, 7) is 4.14. The monoisotopic (exact) mass is 493 g/mol. The number of pyridine rings is 1. The average molecular weight is 494 g/mol. The number of rotatable bonds is 4. The molecule has 6 rings (SSSR count). The Kier molecular flexibility index (Phi) is 5.50. The van der Waals surface area contributed by atoms with Gasteiger partial charge in [0.15, 0.2) is 0 Å². The zero-order valence-electron chi connectivity index (χ0n) is 19.2. The van der Waals surface area contributed by atoms with Gasteiger partial charge >= 0.3 is 0 Å². The van der Waals surface area contributed by atoms with Crippen molar-refractivity contribution in [2.75, 3.05) is 31.1 Å². The maximum Gasteiger partial charge on any atom is 0.245 e. The fourth-order valence-corrected chi connectivity index (χ4v) is 7.99. The number of aromatic nitrogens is 3. The van der Waals surface area contributed by atoms with Gasteiger partial charge in [0.25, 0.3) is 0 Å². The van der Waals surface area contributed by atoms with Crippen LogP contribution in [0.4, 0.5) is 5.82 Å². The minimum atomic E-state index is -3.64. The van der Waals surface area contributed by atoms with Crippen molar-refractivity contribution >= 4 is 48.3 Å². The maximum atomic E-state index is 13.6. The summed E-state index contributed by atoms with van der Waals surface area (Å²) in [4.78, 5) is 19.2. The van der Waals surface area contributed by atoms with Gasteiger partial charge in [-0.25, -0.2) is 18.4 Å². The fourth-order valence-electron chi connectivity index (χ4n) is 5.13. The van der Waals surface area contributed by atoms with Gasteiger partial charge < -0.3 is 4.90 Å². The molecule has 4 heterocycles. The Balaban J connectivity index is 1.32. The van der Waals surface area contributed by atoms with Crippen molar-refractivity contribution in [3.63, 3.8) is 0 Å². The van der Waals surface area contributed by atoms with E-state index in [9.17, 15) is 8.42 Å². The molecule has 1 aromatic carbocycles. The predicted octanol–water partition coefficient (Wildman–Crippen LogP) is 4.19. The number of thiophene rings is 1. The van der Waals surface area contributed by atoms with Crippen LogP contribution in [0.1, 0.15) is 36.0 Å². The second kappa shape index (κ2) is 8.55. The van der Waals surface area contributed by atoms with Crippen LogP contribution < -0.4 is 4.90 Å². The van der Waals surface area contributed by atoms with Crippen molar-refractivity contribution in [2.45, 2.75) is 43.9 Å². The molecule has 176 valence electrons. The average Bonchev–Trinajstić information content (AvgIpc) is 3.26. The molecule has 0 spiro atoms. The molecule has 0 unspecified atom stereocenters. The van der Waals surface area contributed by atoms with Crippen molar-refractivity contribution in [2.24, 2.45) is 0 Å². The van der Waals surface area contributed by atoms with Gasteiger partial charge in [0, 0.05) is 49.1 Å². The lowest BCUT2D eigenvalue weighted by Gasteiger charge is -2.35. The molecule has 1 aliphatic carbocycles. The number of fused-ring (bicyclic) bond motifs is 4. The summed E-state index contributed by atoms with van der Waals surface area (Å²) in [6.07, 6.45) is 7.09. The predicted molar refractivity (Wildman–Crippen MR) is 136 cm³/mol. The van der Waals surface area contributed by atoms with Gasteiger partial charge in [0.1, 0.15) is 21.4 Å². The van der Waals surface area contributed by atoms with Crippen LogP contribution in [-0.4, -0.2) is 53.9 Å². The zero-order chi connectivity index (χ0) is 23.3. The molecule has 9 heteroatoms. The van der Waals surface area contributed by atoms with Gasteiger partial charge in [-0.15, -0.1) is 11.3 Å². The van der Waals surface area contributed by atoms with Gasteiger partial charge in [0.05, 0.1) is 10.9 Å². The molecular weight excluding hydrogens is 466 g/mol. The van der Waals surface area contributed by atoms with E-state index in [2.05, 4.69) is 16.8 Å². The molecule has 0 radical (unpaired) electrons. The summed E-state index contributed by atoms with van der Waals surface area (Å²) in [6, 6.07) is 9.07. The molecule has 0 saturated carbocycles. The topological polar surface area (TPSA) is 79.3 Å². The van der Waals surface area contributed by atoms with Crippen LogP contribution in [0.5, 0.6) is 0 Å². The van der Waals surface area contributed by atoms with Gasteiger partial charge in [-0.1, -0.05) is 25.1 Å². The quantitative estimate of drug-likeness (QED) is 0.424. The summed E-state index contributed by atoms with van der Waals surface area (Å²) in [5.74, 6) is 1.85. The van der Waals surface area contributed by atoms with E-state index in [1.807, 2.05) is 29.5 Å². The van der Waals surface area contributed by atoms with E-state index >= 15 is 0 Å². The molecule has 0 amide bonds. The Morgan fingerprint density at radius 1 is 1.00 bits per heavy atom. The SMILES string of the molecule is CCc1nc(N2CCN(S(=O)(=O)c3cccc4cccnc34)CC2)c2c3c(sc2n1)CCCC3. The summed E-state index contributed by atoms with van der Waals surface area (Å²) >= 11 is 1.82. The Morgan fingerprint density at radius 3 is 2.62 bits per heavy atom. The third-order valence-corrected chi connectivity index (χ3v) is 10.0. The standard InChI is InChI=1S/C25H27N5O2S2/c1-2-21-27-24(22-18-9-3-4-10-19(18)33-25(22)28-21)29-13-15-30(16-14-29)34(31,32)20-11-5-7-17-8-6-12-26-23(17)20/h5-8,11-12H,2-4,9-10,13-16H2,1H3. The zero-order valence-corrected chi connectivity index (χ0v) is 20.8. The molecule has 1 fully saturated rings. The van der Waals surface area contributed by atoms with Crippen molar-refractivity contribution in [3.05, 3.63) is 52.8 Å². The minimum Gasteiger partial charge on any atom is -0.353 e. The first-order valence-electron chi connectivity index (χ1n) is 12.0. The van der Waals surface area contributed by atoms with Crippen LogP contribution in [0.2, 0.25) is 0 Å². The number of benzene rings is 1. The number of nitrogens with zero attached hydrogens (tertiary/aromatic N) is 5. The van der Waals surface area contributed by atoms with E-state index in [1.165, 1.54) is 28.7 Å². The molecule has 1 saturated heterocycles. The highest BCUT2D eigenvalue weighted by Gasteiger charge is 2.32. The van der Waals surface area contributed by atoms with Crippen molar-refractivity contribution in [1.29, 1.82) is 0 Å². The fraction of sp³-hybridized carbons (Fsp3) is 0.400. The Bertz CT molecular complexity index is 1490. The van der Waals surface area contributed by atoms with Gasteiger partial charge in [-0.3, -0.25) is 4.98 Å². The summed E-state index contributed by atoms with van der Waals surface area (Å²) in [7, 11) is -3.64. The molecule has 0 N–H and O–H groups in total. The molecule has 4 aromatic rings. The maximum absolute atomic E-state index is 13.6. The summed E-state index contributed by atoms with van der Waals surface area (Å²) < 4.78 is 28.7. The molecule has 2 aliphatic rings. The smallest absolute Gasteiger partial charge is 0.245 e. The van der Waals surface area contributed by atoms with E-state index in [-0.39, 0.29) is 4.90 Å². The first-order chi connectivity index (χ1) is 16.6. The number of piperazine rings is 1. The lowest BCUT2D eigenvalue weighted by molar-refractivity contribution is 0.384. The molecule has 0 bridgehead atoms. The van der Waals surface area contributed by atoms with Crippen molar-refractivity contribution in [1.82, 2.24) is 19.3 Å². The van der Waals surface area contributed by atoms with Crippen molar-refractivity contribution < 1.29 is 8.42 Å². The first kappa shape index (κ1) is 21.9. The minimum absolute atomic E-state index is 0.281. The number of hydrogen-bond donors (Lipinski definition) is 0. The van der Waals surface area contributed by atoms with E-state index < -0.39 is 10.0 Å². The number of sulfonamides is 1. The Labute approximate surface area is 203 Å². The molecule has 1 aliphatic heterocycles. The molecule has 7 nitrogen and oxygen atoms in total. The second-order valence-corrected chi connectivity index (χ2v) is 11.9. The third-order valence-electron chi connectivity index (χ3n) is 6.91. The van der Waals surface area contributed by atoms with Gasteiger partial charge in [-0.2, -0.15) is 4.31 Å². The Hall–Kier alpha value is -2.62. The van der Waals surface area contributed by atoms with Gasteiger partial charge in [-0.05, 0) is 43.4 Å². The van der Waals surface area contributed by atoms with Crippen LogP contribution in [0, 0.1) is 0 Å². The molecular formula is C25H27N5O2S2. The molecule has 0 atom stereocenters. The largest absolute Gasteiger partial charge is 0.353 e. The first-order valence-corrected chi connectivity index (χ1v) is 14.2. The van der Waals surface area contributed by atoms with Crippen molar-refractivity contribution in [3.8, 4) is 0 Å². The van der Waals surface area contributed by atoms with Crippen LogP contribution in [0.3, 0.4) is 0 Å². The highest BCUT2D eigenvalue weighted by molar-refractivity contribution is 7.89. The number of aryl methyl sites for hydroxylation is 3. The highest BCUT2D eigenvalue weighted by Crippen LogP contribution is 2.40. The lowest BCUT2D eigenvalue weighted by Crippen LogP contribution is -2.49. The van der Waals surface area contributed by atoms with E-state index in [4.69, 9.17) is 9.97 Å². The number of hydrogen-bond acceptors (Lipinski definition) is 7. The normalized spacial score (nSPS) is 17.4. The van der Waals surface area contributed by atoms with E-state index in [1.54, 1.807) is 22.6 Å².